The van der Waals surface area contributed by atoms with Crippen molar-refractivity contribution in [2.45, 2.75) is 39.5 Å². The van der Waals surface area contributed by atoms with Gasteiger partial charge in [-0.15, -0.1) is 0 Å². The van der Waals surface area contributed by atoms with Gasteiger partial charge in [-0.05, 0) is 32.9 Å². The molecule has 0 saturated heterocycles. The zero-order chi connectivity index (χ0) is 13.8. The summed E-state index contributed by atoms with van der Waals surface area (Å²) in [4.78, 5) is 0. The average Bonchev–Trinajstić information content (AvgIpc) is 2.85. The van der Waals surface area contributed by atoms with Crippen LogP contribution in [0.3, 0.4) is 0 Å². The Morgan fingerprint density at radius 2 is 1.95 bits per heavy atom. The number of rotatable bonds is 5. The van der Waals surface area contributed by atoms with E-state index in [4.69, 9.17) is 4.74 Å². The summed E-state index contributed by atoms with van der Waals surface area (Å²) in [5.41, 5.74) is 1.68. The average molecular weight is 260 g/mol. The number of benzene rings is 1. The van der Waals surface area contributed by atoms with E-state index in [9.17, 15) is 5.11 Å². The zero-order valence-electron chi connectivity index (χ0n) is 11.6. The maximum absolute atomic E-state index is 9.68. The van der Waals surface area contributed by atoms with Crippen molar-refractivity contribution in [2.24, 2.45) is 0 Å². The van der Waals surface area contributed by atoms with Crippen LogP contribution in [0.5, 0.6) is 5.75 Å². The SMILES string of the molecule is CC(O)c1ccccc1OCc1ccn(C(C)C)n1. The van der Waals surface area contributed by atoms with Crippen LogP contribution in [-0.2, 0) is 6.61 Å². The highest BCUT2D eigenvalue weighted by Crippen LogP contribution is 2.25. The molecule has 1 aromatic carbocycles. The number of hydrogen-bond donors (Lipinski definition) is 1. The van der Waals surface area contributed by atoms with Crippen LogP contribution in [0, 0.1) is 0 Å². The predicted molar refractivity (Wildman–Crippen MR) is 74.0 cm³/mol. The Hall–Kier alpha value is -1.81. The van der Waals surface area contributed by atoms with E-state index in [2.05, 4.69) is 18.9 Å². The van der Waals surface area contributed by atoms with E-state index < -0.39 is 6.10 Å². The second-order valence-corrected chi connectivity index (χ2v) is 4.88. The molecule has 2 aromatic rings. The topological polar surface area (TPSA) is 47.3 Å². The van der Waals surface area contributed by atoms with Gasteiger partial charge in [0, 0.05) is 17.8 Å². The van der Waals surface area contributed by atoms with Gasteiger partial charge in [-0.25, -0.2) is 0 Å². The molecule has 0 amide bonds. The highest BCUT2D eigenvalue weighted by atomic mass is 16.5. The summed E-state index contributed by atoms with van der Waals surface area (Å²) in [6, 6.07) is 9.81. The molecule has 0 aliphatic heterocycles. The number of aromatic nitrogens is 2. The molecule has 4 heteroatoms. The highest BCUT2D eigenvalue weighted by Gasteiger charge is 2.09. The molecule has 0 bridgehead atoms. The predicted octanol–water partition coefficient (Wildman–Crippen LogP) is 3.10. The van der Waals surface area contributed by atoms with Crippen molar-refractivity contribution < 1.29 is 9.84 Å². The van der Waals surface area contributed by atoms with Crippen molar-refractivity contribution in [3.63, 3.8) is 0 Å². The van der Waals surface area contributed by atoms with Crippen molar-refractivity contribution in [1.29, 1.82) is 0 Å². The van der Waals surface area contributed by atoms with Crippen molar-refractivity contribution in [2.75, 3.05) is 0 Å². The van der Waals surface area contributed by atoms with E-state index in [0.717, 1.165) is 11.3 Å². The molecule has 0 saturated carbocycles. The lowest BCUT2D eigenvalue weighted by atomic mass is 10.1. The molecule has 0 radical (unpaired) electrons. The van der Waals surface area contributed by atoms with Gasteiger partial charge in [0.1, 0.15) is 12.4 Å². The highest BCUT2D eigenvalue weighted by molar-refractivity contribution is 5.34. The van der Waals surface area contributed by atoms with Gasteiger partial charge < -0.3 is 9.84 Å². The number of para-hydroxylation sites is 1. The summed E-state index contributed by atoms with van der Waals surface area (Å²) in [5.74, 6) is 0.705. The van der Waals surface area contributed by atoms with Crippen LogP contribution >= 0.6 is 0 Å². The number of aliphatic hydroxyl groups excluding tert-OH is 1. The van der Waals surface area contributed by atoms with Crippen LogP contribution in [-0.4, -0.2) is 14.9 Å². The van der Waals surface area contributed by atoms with Crippen LogP contribution in [0.1, 0.15) is 44.2 Å². The molecule has 19 heavy (non-hydrogen) atoms. The van der Waals surface area contributed by atoms with Crippen LogP contribution in [0.15, 0.2) is 36.5 Å². The first-order valence-corrected chi connectivity index (χ1v) is 6.51. The van der Waals surface area contributed by atoms with Gasteiger partial charge in [0.25, 0.3) is 0 Å². The second-order valence-electron chi connectivity index (χ2n) is 4.88. The first kappa shape index (κ1) is 13.6. The molecule has 0 spiro atoms. The maximum Gasteiger partial charge on any atom is 0.132 e. The Bertz CT molecular complexity index is 532. The Morgan fingerprint density at radius 1 is 1.21 bits per heavy atom. The molecule has 1 aromatic heterocycles. The van der Waals surface area contributed by atoms with E-state index in [1.54, 1.807) is 6.92 Å². The lowest BCUT2D eigenvalue weighted by Gasteiger charge is -2.12. The van der Waals surface area contributed by atoms with Crippen LogP contribution < -0.4 is 4.74 Å². The molecule has 0 fully saturated rings. The monoisotopic (exact) mass is 260 g/mol. The molecule has 0 aliphatic rings. The fourth-order valence-electron chi connectivity index (χ4n) is 1.85. The van der Waals surface area contributed by atoms with Crippen molar-refractivity contribution >= 4 is 0 Å². The number of ether oxygens (including phenoxy) is 1. The largest absolute Gasteiger partial charge is 0.487 e. The van der Waals surface area contributed by atoms with Crippen LogP contribution in [0.2, 0.25) is 0 Å². The fourth-order valence-corrected chi connectivity index (χ4v) is 1.85. The van der Waals surface area contributed by atoms with Gasteiger partial charge in [0.2, 0.25) is 0 Å². The quantitative estimate of drug-likeness (QED) is 0.898. The lowest BCUT2D eigenvalue weighted by molar-refractivity contribution is 0.189. The van der Waals surface area contributed by atoms with Gasteiger partial charge in [-0.3, -0.25) is 4.68 Å². The molecule has 1 unspecified atom stereocenters. The van der Waals surface area contributed by atoms with Gasteiger partial charge >= 0.3 is 0 Å². The zero-order valence-corrected chi connectivity index (χ0v) is 11.6. The molecule has 1 heterocycles. The Kier molecular flexibility index (Phi) is 4.22. The minimum Gasteiger partial charge on any atom is -0.487 e. The fraction of sp³-hybridized carbons (Fsp3) is 0.400. The normalized spacial score (nSPS) is 12.7. The Labute approximate surface area is 113 Å². The summed E-state index contributed by atoms with van der Waals surface area (Å²) in [5, 5.41) is 14.1. The third kappa shape index (κ3) is 3.35. The van der Waals surface area contributed by atoms with Crippen molar-refractivity contribution in [1.82, 2.24) is 9.78 Å². The molecule has 102 valence electrons. The van der Waals surface area contributed by atoms with E-state index in [0.29, 0.717) is 18.4 Å². The van der Waals surface area contributed by atoms with Gasteiger partial charge in [-0.1, -0.05) is 18.2 Å². The van der Waals surface area contributed by atoms with Crippen molar-refractivity contribution in [3.8, 4) is 5.75 Å². The van der Waals surface area contributed by atoms with E-state index in [-0.39, 0.29) is 0 Å². The van der Waals surface area contributed by atoms with Gasteiger partial charge in [0.05, 0.1) is 11.8 Å². The van der Waals surface area contributed by atoms with E-state index >= 15 is 0 Å². The number of nitrogens with zero attached hydrogens (tertiary/aromatic N) is 2. The molecule has 0 aliphatic carbocycles. The molecular weight excluding hydrogens is 240 g/mol. The standard InChI is InChI=1S/C15H20N2O2/c1-11(2)17-9-8-13(16-17)10-19-15-7-5-4-6-14(15)12(3)18/h4-9,11-12,18H,10H2,1-3H3. The Balaban J connectivity index is 2.06. The van der Waals surface area contributed by atoms with Crippen LogP contribution in [0.25, 0.3) is 0 Å². The summed E-state index contributed by atoms with van der Waals surface area (Å²) in [6.07, 6.45) is 1.41. The molecule has 4 nitrogen and oxygen atoms in total. The third-order valence-corrected chi connectivity index (χ3v) is 2.94. The van der Waals surface area contributed by atoms with Crippen molar-refractivity contribution in [3.05, 3.63) is 47.8 Å². The van der Waals surface area contributed by atoms with Crippen LogP contribution in [0.4, 0.5) is 0 Å². The summed E-state index contributed by atoms with van der Waals surface area (Å²) in [6.45, 7) is 6.31. The summed E-state index contributed by atoms with van der Waals surface area (Å²) >= 11 is 0. The van der Waals surface area contributed by atoms with Gasteiger partial charge in [-0.2, -0.15) is 5.10 Å². The molecule has 2 rings (SSSR count). The number of aliphatic hydroxyl groups is 1. The summed E-state index contributed by atoms with van der Waals surface area (Å²) in [7, 11) is 0. The lowest BCUT2D eigenvalue weighted by Crippen LogP contribution is -2.04. The smallest absolute Gasteiger partial charge is 0.132 e. The minimum atomic E-state index is -0.538. The van der Waals surface area contributed by atoms with E-state index in [1.807, 2.05) is 41.2 Å². The number of hydrogen-bond acceptors (Lipinski definition) is 3. The second kappa shape index (κ2) is 5.89. The first-order chi connectivity index (χ1) is 9.08. The molecule has 1 atom stereocenters. The minimum absolute atomic E-state index is 0.346. The third-order valence-electron chi connectivity index (χ3n) is 2.94. The molecular formula is C15H20N2O2. The van der Waals surface area contributed by atoms with E-state index in [1.165, 1.54) is 0 Å². The maximum atomic E-state index is 9.68. The van der Waals surface area contributed by atoms with Gasteiger partial charge in [0.15, 0.2) is 0 Å². The Morgan fingerprint density at radius 3 is 2.58 bits per heavy atom. The first-order valence-electron chi connectivity index (χ1n) is 6.51. The molecule has 1 N–H and O–H groups in total. The summed E-state index contributed by atoms with van der Waals surface area (Å²) < 4.78 is 7.64.